The van der Waals surface area contributed by atoms with E-state index in [1.54, 1.807) is 0 Å². The fraction of sp³-hybridized carbons (Fsp3) is 0.417. The Bertz CT molecular complexity index is 665. The van der Waals surface area contributed by atoms with Crippen LogP contribution in [0, 0.1) is 0 Å². The highest BCUT2D eigenvalue weighted by molar-refractivity contribution is 9.10. The maximum absolute atomic E-state index is 11.9. The van der Waals surface area contributed by atoms with Gasteiger partial charge < -0.3 is 10.1 Å². The minimum absolute atomic E-state index is 0.0700. The lowest BCUT2D eigenvalue weighted by molar-refractivity contribution is -0.127. The molecule has 0 spiro atoms. The Kier molecular flexibility index (Phi) is 5.40. The van der Waals surface area contributed by atoms with Crippen LogP contribution in [0.2, 0.25) is 5.02 Å². The predicted molar refractivity (Wildman–Crippen MR) is 83.5 cm³/mol. The lowest BCUT2D eigenvalue weighted by Crippen LogP contribution is -2.36. The molecule has 9 heteroatoms. The second kappa shape index (κ2) is 6.73. The summed E-state index contributed by atoms with van der Waals surface area (Å²) in [6, 6.07) is 2.77. The van der Waals surface area contributed by atoms with Gasteiger partial charge in [-0.25, -0.2) is 8.42 Å². The van der Waals surface area contributed by atoms with Crippen molar-refractivity contribution in [3.63, 3.8) is 0 Å². The van der Waals surface area contributed by atoms with Crippen molar-refractivity contribution in [3.05, 3.63) is 21.6 Å². The molecule has 116 valence electrons. The molecule has 0 bridgehead atoms. The maximum Gasteiger partial charge on any atom is 0.265 e. The number of halogens is 3. The number of carbonyl (C=O) groups is 1. The van der Waals surface area contributed by atoms with Gasteiger partial charge >= 0.3 is 0 Å². The first kappa shape index (κ1) is 16.9. The van der Waals surface area contributed by atoms with Crippen LogP contribution in [0.4, 0.5) is 0 Å². The SMILES string of the molecule is O=C1NCCCCC1Oc1c(Cl)cc(Br)cc1S(=O)(=O)Cl. The van der Waals surface area contributed by atoms with E-state index in [1.807, 2.05) is 0 Å². The molecule has 1 aromatic rings. The summed E-state index contributed by atoms with van der Waals surface area (Å²) in [5.41, 5.74) is 0. The van der Waals surface area contributed by atoms with Crippen molar-refractivity contribution >= 4 is 53.2 Å². The Labute approximate surface area is 140 Å². The average Bonchev–Trinajstić information content (AvgIpc) is 2.56. The minimum Gasteiger partial charge on any atom is -0.478 e. The van der Waals surface area contributed by atoms with Crippen molar-refractivity contribution in [3.8, 4) is 5.75 Å². The van der Waals surface area contributed by atoms with Gasteiger partial charge in [0.05, 0.1) is 5.02 Å². The summed E-state index contributed by atoms with van der Waals surface area (Å²) >= 11 is 9.19. The molecule has 1 saturated heterocycles. The van der Waals surface area contributed by atoms with Crippen molar-refractivity contribution < 1.29 is 17.9 Å². The molecule has 2 rings (SSSR count). The van der Waals surface area contributed by atoms with Gasteiger partial charge in [-0.1, -0.05) is 27.5 Å². The van der Waals surface area contributed by atoms with Crippen LogP contribution in [0.25, 0.3) is 0 Å². The quantitative estimate of drug-likeness (QED) is 0.768. The molecule has 1 aromatic carbocycles. The Balaban J connectivity index is 2.41. The van der Waals surface area contributed by atoms with Crippen molar-refractivity contribution in [2.24, 2.45) is 0 Å². The monoisotopic (exact) mass is 415 g/mol. The predicted octanol–water partition coefficient (Wildman–Crippen LogP) is 3.08. The third-order valence-corrected chi connectivity index (χ3v) is 5.05. The molecule has 1 unspecified atom stereocenters. The van der Waals surface area contributed by atoms with Gasteiger partial charge in [0.15, 0.2) is 11.9 Å². The summed E-state index contributed by atoms with van der Waals surface area (Å²) in [5.74, 6) is -0.388. The zero-order valence-corrected chi connectivity index (χ0v) is 14.6. The topological polar surface area (TPSA) is 72.5 Å². The molecule has 1 fully saturated rings. The van der Waals surface area contributed by atoms with Crippen molar-refractivity contribution in [1.82, 2.24) is 5.32 Å². The number of nitrogens with one attached hydrogen (secondary N) is 1. The summed E-state index contributed by atoms with van der Waals surface area (Å²) in [4.78, 5) is 11.6. The number of ether oxygens (including phenoxy) is 1. The van der Waals surface area contributed by atoms with Gasteiger partial charge in [0.25, 0.3) is 15.0 Å². The average molecular weight is 417 g/mol. The summed E-state index contributed by atoms with van der Waals surface area (Å²) in [7, 11) is 1.35. The smallest absolute Gasteiger partial charge is 0.265 e. The number of benzene rings is 1. The van der Waals surface area contributed by atoms with Crippen LogP contribution in [0.15, 0.2) is 21.5 Å². The Morgan fingerprint density at radius 1 is 1.33 bits per heavy atom. The van der Waals surface area contributed by atoms with Crippen LogP contribution in [-0.2, 0) is 13.8 Å². The molecule has 21 heavy (non-hydrogen) atoms. The first-order valence-corrected chi connectivity index (χ1v) is 9.65. The van der Waals surface area contributed by atoms with Crippen LogP contribution in [-0.4, -0.2) is 27.0 Å². The normalized spacial score (nSPS) is 19.8. The van der Waals surface area contributed by atoms with Crippen LogP contribution in [0.1, 0.15) is 19.3 Å². The molecule has 0 saturated carbocycles. The van der Waals surface area contributed by atoms with Gasteiger partial charge in [0.1, 0.15) is 4.90 Å². The number of hydrogen-bond acceptors (Lipinski definition) is 4. The van der Waals surface area contributed by atoms with Crippen LogP contribution in [0.5, 0.6) is 5.75 Å². The largest absolute Gasteiger partial charge is 0.478 e. The lowest BCUT2D eigenvalue weighted by atomic mass is 10.2. The Morgan fingerprint density at radius 3 is 2.71 bits per heavy atom. The number of hydrogen-bond donors (Lipinski definition) is 1. The molecule has 1 amide bonds. The standard InChI is InChI=1S/C12H12BrCl2NO4S/c13-7-5-8(14)11(10(6-7)21(15,18)19)20-9-3-1-2-4-16-12(9)17/h5-6,9H,1-4H2,(H,16,17). The van der Waals surface area contributed by atoms with E-state index in [1.165, 1.54) is 12.1 Å². The zero-order valence-electron chi connectivity index (χ0n) is 10.7. The van der Waals surface area contributed by atoms with Crippen LogP contribution < -0.4 is 10.1 Å². The third kappa shape index (κ3) is 4.25. The van der Waals surface area contributed by atoms with Crippen molar-refractivity contribution in [2.75, 3.05) is 6.54 Å². The Morgan fingerprint density at radius 2 is 2.05 bits per heavy atom. The number of amides is 1. The maximum atomic E-state index is 11.9. The zero-order chi connectivity index (χ0) is 15.6. The van der Waals surface area contributed by atoms with E-state index in [4.69, 9.17) is 27.0 Å². The summed E-state index contributed by atoms with van der Waals surface area (Å²) in [6.07, 6.45) is 1.34. The number of carbonyl (C=O) groups excluding carboxylic acids is 1. The second-order valence-electron chi connectivity index (χ2n) is 4.55. The summed E-state index contributed by atoms with van der Waals surface area (Å²) in [6.45, 7) is 0.577. The van der Waals surface area contributed by atoms with Crippen molar-refractivity contribution in [2.45, 2.75) is 30.3 Å². The van der Waals surface area contributed by atoms with Crippen molar-refractivity contribution in [1.29, 1.82) is 0 Å². The number of rotatable bonds is 3. The fourth-order valence-corrected chi connectivity index (χ4v) is 4.05. The highest BCUT2D eigenvalue weighted by atomic mass is 79.9. The van der Waals surface area contributed by atoms with E-state index in [2.05, 4.69) is 21.2 Å². The molecule has 1 aliphatic rings. The third-order valence-electron chi connectivity index (χ3n) is 2.98. The molecule has 1 atom stereocenters. The molecule has 1 heterocycles. The molecule has 5 nitrogen and oxygen atoms in total. The van der Waals surface area contributed by atoms with Crippen LogP contribution in [0.3, 0.4) is 0 Å². The molecule has 0 aromatic heterocycles. The van der Waals surface area contributed by atoms with Crippen LogP contribution >= 0.6 is 38.2 Å². The van der Waals surface area contributed by atoms with Gasteiger partial charge in [-0.15, -0.1) is 0 Å². The van der Waals surface area contributed by atoms with E-state index in [9.17, 15) is 13.2 Å². The molecular formula is C12H12BrCl2NO4S. The molecular weight excluding hydrogens is 405 g/mol. The summed E-state index contributed by atoms with van der Waals surface area (Å²) < 4.78 is 29.3. The molecule has 1 N–H and O–H groups in total. The molecule has 1 aliphatic heterocycles. The first-order valence-electron chi connectivity index (χ1n) is 6.17. The van der Waals surface area contributed by atoms with E-state index in [-0.39, 0.29) is 21.6 Å². The van der Waals surface area contributed by atoms with E-state index < -0.39 is 15.2 Å². The Hall–Kier alpha value is -0.500. The fourth-order valence-electron chi connectivity index (χ4n) is 2.00. The van der Waals surface area contributed by atoms with Gasteiger partial charge in [0.2, 0.25) is 0 Å². The van der Waals surface area contributed by atoms with E-state index in [0.717, 1.165) is 12.8 Å². The lowest BCUT2D eigenvalue weighted by Gasteiger charge is -2.18. The van der Waals surface area contributed by atoms with E-state index in [0.29, 0.717) is 17.4 Å². The molecule has 0 aliphatic carbocycles. The highest BCUT2D eigenvalue weighted by Crippen LogP contribution is 2.38. The minimum atomic E-state index is -4.05. The first-order chi connectivity index (χ1) is 9.79. The highest BCUT2D eigenvalue weighted by Gasteiger charge is 2.27. The van der Waals surface area contributed by atoms with Gasteiger partial charge in [-0.3, -0.25) is 4.79 Å². The summed E-state index contributed by atoms with van der Waals surface area (Å²) in [5, 5.41) is 2.78. The van der Waals surface area contributed by atoms with Gasteiger partial charge in [-0.2, -0.15) is 0 Å². The van der Waals surface area contributed by atoms with Gasteiger partial charge in [0, 0.05) is 21.7 Å². The molecule has 0 radical (unpaired) electrons. The van der Waals surface area contributed by atoms with Gasteiger partial charge in [-0.05, 0) is 31.4 Å². The second-order valence-corrected chi connectivity index (χ2v) is 8.40. The van der Waals surface area contributed by atoms with E-state index >= 15 is 0 Å².